The Hall–Kier alpha value is -2.75. The van der Waals surface area contributed by atoms with E-state index in [1.54, 1.807) is 0 Å². The molecule has 4 rings (SSSR count). The lowest BCUT2D eigenvalue weighted by molar-refractivity contribution is -0.134. The Morgan fingerprint density at radius 2 is 1.88 bits per heavy atom. The lowest BCUT2D eigenvalue weighted by Crippen LogP contribution is -2.38. The summed E-state index contributed by atoms with van der Waals surface area (Å²) < 4.78 is 5.65. The number of hydrogen-bond donors (Lipinski definition) is 1. The van der Waals surface area contributed by atoms with Crippen LogP contribution in [-0.4, -0.2) is 28.9 Å². The van der Waals surface area contributed by atoms with E-state index >= 15 is 0 Å². The highest BCUT2D eigenvalue weighted by Gasteiger charge is 2.24. The minimum Gasteiger partial charge on any atom is -0.484 e. The van der Waals surface area contributed by atoms with Crippen LogP contribution in [0.15, 0.2) is 42.5 Å². The largest absolute Gasteiger partial charge is 0.484 e. The zero-order valence-electron chi connectivity index (χ0n) is 14.6. The quantitative estimate of drug-likeness (QED) is 0.793. The van der Waals surface area contributed by atoms with Crippen molar-refractivity contribution in [1.29, 1.82) is 0 Å². The molecule has 0 atom stereocenters. The molecule has 0 spiro atoms. The minimum absolute atomic E-state index is 0.0349. The van der Waals surface area contributed by atoms with Gasteiger partial charge in [-0.15, -0.1) is 0 Å². The number of carbonyl (C=O) groups excluding carboxylic acids is 1. The number of carbonyl (C=O) groups is 1. The van der Waals surface area contributed by atoms with Gasteiger partial charge in [0, 0.05) is 41.7 Å². The molecule has 25 heavy (non-hydrogen) atoms. The van der Waals surface area contributed by atoms with E-state index in [1.807, 2.05) is 36.1 Å². The Balaban J connectivity index is 1.47. The van der Waals surface area contributed by atoms with E-state index in [0.717, 1.165) is 24.2 Å². The zero-order valence-corrected chi connectivity index (χ0v) is 14.6. The molecule has 1 N–H and O–H groups in total. The van der Waals surface area contributed by atoms with Crippen LogP contribution in [0, 0.1) is 13.8 Å². The molecule has 1 amide bonds. The number of hydrogen-bond acceptors (Lipinski definition) is 2. The number of H-pyrrole nitrogens is 1. The number of ether oxygens (including phenoxy) is 1. The molecule has 0 saturated heterocycles. The first-order chi connectivity index (χ1) is 12.1. The Kier molecular flexibility index (Phi) is 3.96. The number of amides is 1. The molecule has 0 unspecified atom stereocenters. The maximum absolute atomic E-state index is 12.6. The summed E-state index contributed by atoms with van der Waals surface area (Å²) >= 11 is 0. The van der Waals surface area contributed by atoms with E-state index in [4.69, 9.17) is 4.74 Å². The topological polar surface area (TPSA) is 45.3 Å². The average molecular weight is 334 g/mol. The molecule has 1 aromatic heterocycles. The molecule has 4 heteroatoms. The van der Waals surface area contributed by atoms with Crippen LogP contribution in [0.1, 0.15) is 22.4 Å². The second-order valence-corrected chi connectivity index (χ2v) is 6.80. The summed E-state index contributed by atoms with van der Waals surface area (Å²) in [5.74, 6) is 0.770. The van der Waals surface area contributed by atoms with Crippen LogP contribution in [0.25, 0.3) is 10.9 Å². The highest BCUT2D eigenvalue weighted by molar-refractivity contribution is 5.86. The predicted molar refractivity (Wildman–Crippen MR) is 98.8 cm³/mol. The number of nitrogens with one attached hydrogen (secondary N) is 1. The number of aromatic amines is 1. The molecular weight excluding hydrogens is 312 g/mol. The van der Waals surface area contributed by atoms with E-state index < -0.39 is 0 Å². The molecule has 0 radical (unpaired) electrons. The molecule has 1 aliphatic rings. The van der Waals surface area contributed by atoms with Gasteiger partial charge in [0.25, 0.3) is 5.91 Å². The van der Waals surface area contributed by atoms with Gasteiger partial charge >= 0.3 is 0 Å². The maximum Gasteiger partial charge on any atom is 0.260 e. The fourth-order valence-corrected chi connectivity index (χ4v) is 3.42. The summed E-state index contributed by atoms with van der Waals surface area (Å²) in [6.07, 6.45) is 0.860. The normalized spacial score (nSPS) is 13.8. The first-order valence-corrected chi connectivity index (χ1v) is 8.67. The zero-order chi connectivity index (χ0) is 17.4. The van der Waals surface area contributed by atoms with Gasteiger partial charge in [-0.25, -0.2) is 0 Å². The third-order valence-electron chi connectivity index (χ3n) is 4.87. The third-order valence-corrected chi connectivity index (χ3v) is 4.87. The van der Waals surface area contributed by atoms with Crippen molar-refractivity contribution in [2.75, 3.05) is 13.2 Å². The summed E-state index contributed by atoms with van der Waals surface area (Å²) in [6.45, 7) is 5.59. The van der Waals surface area contributed by atoms with Gasteiger partial charge in [0.15, 0.2) is 6.61 Å². The van der Waals surface area contributed by atoms with E-state index in [-0.39, 0.29) is 12.5 Å². The molecule has 0 bridgehead atoms. The summed E-state index contributed by atoms with van der Waals surface area (Å²) in [4.78, 5) is 18.0. The van der Waals surface area contributed by atoms with Crippen molar-refractivity contribution < 1.29 is 9.53 Å². The van der Waals surface area contributed by atoms with Crippen LogP contribution in [0.4, 0.5) is 0 Å². The number of benzene rings is 2. The lowest BCUT2D eigenvalue weighted by Gasteiger charge is -2.27. The second-order valence-electron chi connectivity index (χ2n) is 6.80. The van der Waals surface area contributed by atoms with Gasteiger partial charge < -0.3 is 14.6 Å². The van der Waals surface area contributed by atoms with Crippen LogP contribution in [0.5, 0.6) is 5.75 Å². The maximum atomic E-state index is 12.6. The van der Waals surface area contributed by atoms with E-state index in [2.05, 4.69) is 30.1 Å². The molecule has 0 saturated carbocycles. The number of aryl methyl sites for hydroxylation is 2. The Bertz CT molecular complexity index is 925. The number of aromatic nitrogens is 1. The highest BCUT2D eigenvalue weighted by Crippen LogP contribution is 2.28. The van der Waals surface area contributed by atoms with Crippen molar-refractivity contribution in [2.45, 2.75) is 26.8 Å². The van der Waals surface area contributed by atoms with Gasteiger partial charge in [-0.3, -0.25) is 4.79 Å². The van der Waals surface area contributed by atoms with Crippen molar-refractivity contribution in [1.82, 2.24) is 9.88 Å². The van der Waals surface area contributed by atoms with E-state index in [0.29, 0.717) is 6.54 Å². The Morgan fingerprint density at radius 1 is 1.12 bits per heavy atom. The molecule has 0 aliphatic carbocycles. The third kappa shape index (κ3) is 3.12. The van der Waals surface area contributed by atoms with Gasteiger partial charge in [0.05, 0.1) is 0 Å². The molecule has 128 valence electrons. The standard InChI is InChI=1S/C21H22N2O2/c1-14-3-6-16(7-4-14)25-13-21(24)23-10-9-19-18(12-23)17-8-5-15(2)11-20(17)22-19/h3-8,11,22H,9-10,12-13H2,1-2H3. The van der Waals surface area contributed by atoms with Crippen molar-refractivity contribution in [3.8, 4) is 5.75 Å². The van der Waals surface area contributed by atoms with Crippen molar-refractivity contribution in [3.63, 3.8) is 0 Å². The second kappa shape index (κ2) is 6.28. The Morgan fingerprint density at radius 3 is 2.68 bits per heavy atom. The average Bonchev–Trinajstić information content (AvgIpc) is 2.97. The van der Waals surface area contributed by atoms with Crippen LogP contribution in [-0.2, 0) is 17.8 Å². The number of rotatable bonds is 3. The SMILES string of the molecule is Cc1ccc(OCC(=O)N2CCc3[nH]c4cc(C)ccc4c3C2)cc1. The summed E-state index contributed by atoms with van der Waals surface area (Å²) in [7, 11) is 0. The van der Waals surface area contributed by atoms with Gasteiger partial charge in [0.2, 0.25) is 0 Å². The summed E-state index contributed by atoms with van der Waals surface area (Å²) in [5.41, 5.74) is 6.08. The monoisotopic (exact) mass is 334 g/mol. The Labute approximate surface area is 147 Å². The molecule has 3 aromatic rings. The summed E-state index contributed by atoms with van der Waals surface area (Å²) in [5, 5.41) is 1.22. The van der Waals surface area contributed by atoms with Crippen molar-refractivity contribution in [2.24, 2.45) is 0 Å². The van der Waals surface area contributed by atoms with Crippen LogP contribution in [0.2, 0.25) is 0 Å². The summed E-state index contributed by atoms with van der Waals surface area (Å²) in [6, 6.07) is 14.2. The lowest BCUT2D eigenvalue weighted by atomic mass is 10.0. The number of fused-ring (bicyclic) bond motifs is 3. The number of nitrogens with zero attached hydrogens (tertiary/aromatic N) is 1. The van der Waals surface area contributed by atoms with Gasteiger partial charge in [-0.05, 0) is 37.6 Å². The fourth-order valence-electron chi connectivity index (χ4n) is 3.42. The fraction of sp³-hybridized carbons (Fsp3) is 0.286. The van der Waals surface area contributed by atoms with Crippen molar-refractivity contribution in [3.05, 3.63) is 64.8 Å². The highest BCUT2D eigenvalue weighted by atomic mass is 16.5. The van der Waals surface area contributed by atoms with Gasteiger partial charge in [-0.2, -0.15) is 0 Å². The molecule has 2 aromatic carbocycles. The van der Waals surface area contributed by atoms with Crippen molar-refractivity contribution >= 4 is 16.8 Å². The molecule has 2 heterocycles. The smallest absolute Gasteiger partial charge is 0.260 e. The van der Waals surface area contributed by atoms with Crippen LogP contribution < -0.4 is 4.74 Å². The predicted octanol–water partition coefficient (Wildman–Crippen LogP) is 3.75. The molecular formula is C21H22N2O2. The minimum atomic E-state index is 0.0349. The van der Waals surface area contributed by atoms with Gasteiger partial charge in [0.1, 0.15) is 5.75 Å². The molecule has 4 nitrogen and oxygen atoms in total. The van der Waals surface area contributed by atoms with Crippen LogP contribution >= 0.6 is 0 Å². The van der Waals surface area contributed by atoms with E-state index in [9.17, 15) is 4.79 Å². The molecule has 0 fully saturated rings. The first-order valence-electron chi connectivity index (χ1n) is 8.67. The van der Waals surface area contributed by atoms with E-state index in [1.165, 1.54) is 27.8 Å². The molecule has 1 aliphatic heterocycles. The first kappa shape index (κ1) is 15.8. The van der Waals surface area contributed by atoms with Gasteiger partial charge in [-0.1, -0.05) is 29.8 Å². The van der Waals surface area contributed by atoms with Crippen LogP contribution in [0.3, 0.4) is 0 Å².